The first-order chi connectivity index (χ1) is 21.6. The van der Waals surface area contributed by atoms with Gasteiger partial charge in [-0.15, -0.1) is 13.2 Å². The summed E-state index contributed by atoms with van der Waals surface area (Å²) in [6.45, 7) is 0.330. The zero-order chi connectivity index (χ0) is 33.5. The Bertz CT molecular complexity index is 1590. The molecule has 46 heavy (non-hydrogen) atoms. The van der Waals surface area contributed by atoms with E-state index < -0.39 is 31.1 Å². The number of amides is 3. The van der Waals surface area contributed by atoms with E-state index in [0.29, 0.717) is 17.5 Å². The molecule has 0 aromatic heterocycles. The molecule has 0 radical (unpaired) electrons. The predicted octanol–water partition coefficient (Wildman–Crippen LogP) is 6.58. The lowest BCUT2D eigenvalue weighted by Gasteiger charge is -2.21. The third kappa shape index (κ3) is 10.5. The van der Waals surface area contributed by atoms with E-state index in [0.717, 1.165) is 39.9 Å². The largest absolute Gasteiger partial charge is 0.573 e. The average molecular weight is 668 g/mol. The molecule has 0 unspecified atom stereocenters. The number of benzene rings is 3. The number of nitrogens with one attached hydrogen (secondary N) is 1. The molecule has 1 aliphatic rings. The van der Waals surface area contributed by atoms with Crippen molar-refractivity contribution >= 4 is 40.3 Å². The van der Waals surface area contributed by atoms with Gasteiger partial charge in [0.05, 0.1) is 11.4 Å². The number of carbonyl (C=O) groups excluding carboxylic acids is 3. The standard InChI is InChI=1S/C31H27F6N3O5S/c1-19-2-11-26(44-18-30(32,33)34)25(14-19)40-27(42)17-46-29(40)39-28(43)38-13-12-20-3-5-21(6-4-20)15-23(41)16-22-7-9-24(10-8-22)45-31(35,36)37/h2-11,14H,12-13,15-18H2,1H3,(H,38,43). The zero-order valence-corrected chi connectivity index (χ0v) is 25.0. The first-order valence-corrected chi connectivity index (χ1v) is 14.7. The minimum atomic E-state index is -4.79. The van der Waals surface area contributed by atoms with E-state index >= 15 is 0 Å². The minimum absolute atomic E-state index is 0.00422. The van der Waals surface area contributed by atoms with Gasteiger partial charge in [-0.25, -0.2) is 4.79 Å². The quantitative estimate of drug-likeness (QED) is 0.232. The van der Waals surface area contributed by atoms with Crippen LogP contribution in [0.5, 0.6) is 11.5 Å². The normalized spacial score (nSPS) is 14.5. The number of Topliss-reactive ketones (excluding diaryl/α,β-unsaturated/α-hetero) is 1. The van der Waals surface area contributed by atoms with Gasteiger partial charge in [-0.2, -0.15) is 18.2 Å². The van der Waals surface area contributed by atoms with Crippen LogP contribution in [-0.4, -0.2) is 54.3 Å². The van der Waals surface area contributed by atoms with Crippen LogP contribution in [0.25, 0.3) is 0 Å². The van der Waals surface area contributed by atoms with Crippen molar-refractivity contribution in [1.29, 1.82) is 0 Å². The van der Waals surface area contributed by atoms with Crippen LogP contribution in [0, 0.1) is 6.92 Å². The SMILES string of the molecule is Cc1ccc(OCC(F)(F)F)c(N2C(=O)CSC2=NC(=O)NCCc2ccc(CC(=O)Cc3ccc(OC(F)(F)F)cc3)cc2)c1. The number of hydrogen-bond acceptors (Lipinski definition) is 6. The van der Waals surface area contributed by atoms with Crippen LogP contribution in [0.2, 0.25) is 0 Å². The Morgan fingerprint density at radius 1 is 0.913 bits per heavy atom. The number of aryl methyl sites for hydroxylation is 1. The van der Waals surface area contributed by atoms with Crippen molar-refractivity contribution in [3.63, 3.8) is 0 Å². The number of carbonyl (C=O) groups is 3. The molecule has 8 nitrogen and oxygen atoms in total. The Balaban J connectivity index is 1.28. The highest BCUT2D eigenvalue weighted by molar-refractivity contribution is 8.15. The Hall–Kier alpha value is -4.53. The molecule has 3 aromatic carbocycles. The molecule has 15 heteroatoms. The van der Waals surface area contributed by atoms with Crippen molar-refractivity contribution in [2.75, 3.05) is 23.8 Å². The van der Waals surface area contributed by atoms with Crippen LogP contribution in [0.1, 0.15) is 22.3 Å². The second-order valence-corrected chi connectivity index (χ2v) is 11.1. The highest BCUT2D eigenvalue weighted by atomic mass is 32.2. The van der Waals surface area contributed by atoms with Crippen molar-refractivity contribution in [2.45, 2.75) is 38.7 Å². The molecular formula is C31H27F6N3O5S. The number of amidine groups is 1. The van der Waals surface area contributed by atoms with Gasteiger partial charge < -0.3 is 14.8 Å². The van der Waals surface area contributed by atoms with Gasteiger partial charge in [0.2, 0.25) is 5.91 Å². The number of halogens is 6. The van der Waals surface area contributed by atoms with E-state index in [1.54, 1.807) is 37.3 Å². The van der Waals surface area contributed by atoms with Crippen molar-refractivity contribution < 1.29 is 50.2 Å². The van der Waals surface area contributed by atoms with E-state index in [1.807, 2.05) is 0 Å². The monoisotopic (exact) mass is 667 g/mol. The summed E-state index contributed by atoms with van der Waals surface area (Å²) < 4.78 is 83.9. The lowest BCUT2D eigenvalue weighted by molar-refractivity contribution is -0.274. The number of nitrogens with zero attached hydrogens (tertiary/aromatic N) is 2. The number of urea groups is 1. The Morgan fingerprint density at radius 2 is 1.52 bits per heavy atom. The first kappa shape index (κ1) is 34.3. The van der Waals surface area contributed by atoms with E-state index in [1.165, 1.54) is 24.3 Å². The molecule has 1 saturated heterocycles. The van der Waals surface area contributed by atoms with Crippen molar-refractivity contribution in [2.24, 2.45) is 4.99 Å². The summed E-state index contributed by atoms with van der Waals surface area (Å²) in [4.78, 5) is 42.7. The molecule has 3 amide bonds. The Morgan fingerprint density at radius 3 is 2.13 bits per heavy atom. The number of hydrogen-bond donors (Lipinski definition) is 1. The van der Waals surface area contributed by atoms with Gasteiger partial charge in [-0.05, 0) is 59.9 Å². The van der Waals surface area contributed by atoms with Gasteiger partial charge >= 0.3 is 18.6 Å². The highest BCUT2D eigenvalue weighted by Gasteiger charge is 2.34. The molecule has 0 aliphatic carbocycles. The molecular weight excluding hydrogens is 640 g/mol. The molecule has 0 spiro atoms. The van der Waals surface area contributed by atoms with Crippen molar-refractivity contribution in [3.8, 4) is 11.5 Å². The summed E-state index contributed by atoms with van der Waals surface area (Å²) in [7, 11) is 0. The molecule has 3 aromatic rings. The van der Waals surface area contributed by atoms with Gasteiger partial charge in [0.15, 0.2) is 11.8 Å². The summed E-state index contributed by atoms with van der Waals surface area (Å²) >= 11 is 0.973. The predicted molar refractivity (Wildman–Crippen MR) is 159 cm³/mol. The van der Waals surface area contributed by atoms with Crippen molar-refractivity contribution in [1.82, 2.24) is 5.32 Å². The molecule has 0 saturated carbocycles. The maximum atomic E-state index is 12.8. The highest BCUT2D eigenvalue weighted by Crippen LogP contribution is 2.36. The van der Waals surface area contributed by atoms with Crippen molar-refractivity contribution in [3.05, 3.63) is 89.0 Å². The van der Waals surface area contributed by atoms with E-state index in [2.05, 4.69) is 15.0 Å². The number of alkyl halides is 6. The summed E-state index contributed by atoms with van der Waals surface area (Å²) in [5, 5.41) is 2.63. The summed E-state index contributed by atoms with van der Waals surface area (Å²) in [6, 6.07) is 15.8. The third-order valence-corrected chi connectivity index (χ3v) is 7.31. The van der Waals surface area contributed by atoms with Crippen LogP contribution in [0.15, 0.2) is 71.7 Å². The number of ketones is 1. The van der Waals surface area contributed by atoms with Crippen LogP contribution in [-0.2, 0) is 28.9 Å². The molecule has 1 aliphatic heterocycles. The fourth-order valence-electron chi connectivity index (χ4n) is 4.36. The van der Waals surface area contributed by atoms with Gasteiger partial charge in [0.25, 0.3) is 0 Å². The summed E-state index contributed by atoms with van der Waals surface area (Å²) in [5.74, 6) is -1.20. The van der Waals surface area contributed by atoms with Gasteiger partial charge in [0, 0.05) is 19.4 Å². The molecule has 4 rings (SSSR count). The lowest BCUT2D eigenvalue weighted by Crippen LogP contribution is -2.32. The van der Waals surface area contributed by atoms with Crippen LogP contribution in [0.4, 0.5) is 36.8 Å². The van der Waals surface area contributed by atoms with Crippen LogP contribution in [0.3, 0.4) is 0 Å². The smallest absolute Gasteiger partial charge is 0.482 e. The lowest BCUT2D eigenvalue weighted by atomic mass is 10.0. The van der Waals surface area contributed by atoms with E-state index in [9.17, 15) is 40.7 Å². The fourth-order valence-corrected chi connectivity index (χ4v) is 5.21. The maximum Gasteiger partial charge on any atom is 0.573 e. The van der Waals surface area contributed by atoms with Crippen LogP contribution >= 0.6 is 11.8 Å². The molecule has 0 bridgehead atoms. The van der Waals surface area contributed by atoms with Crippen LogP contribution < -0.4 is 19.7 Å². The minimum Gasteiger partial charge on any atom is -0.482 e. The Kier molecular flexibility index (Phi) is 11.0. The topological polar surface area (TPSA) is 97.3 Å². The number of aliphatic imine (C=N–C) groups is 1. The second kappa shape index (κ2) is 14.7. The van der Waals surface area contributed by atoms with Gasteiger partial charge in [0.1, 0.15) is 17.3 Å². The number of rotatable bonds is 11. The maximum absolute atomic E-state index is 12.8. The molecule has 244 valence electrons. The number of thioether (sulfide) groups is 1. The molecule has 1 N–H and O–H groups in total. The average Bonchev–Trinajstić information content (AvgIpc) is 3.32. The number of ether oxygens (including phenoxy) is 2. The Labute approximate surface area is 263 Å². The first-order valence-electron chi connectivity index (χ1n) is 13.7. The molecule has 0 atom stereocenters. The summed E-state index contributed by atoms with van der Waals surface area (Å²) in [6.07, 6.45) is -8.81. The zero-order valence-electron chi connectivity index (χ0n) is 24.2. The second-order valence-electron chi connectivity index (χ2n) is 10.2. The van der Waals surface area contributed by atoms with E-state index in [4.69, 9.17) is 4.74 Å². The summed E-state index contributed by atoms with van der Waals surface area (Å²) in [5.41, 5.74) is 2.85. The van der Waals surface area contributed by atoms with Gasteiger partial charge in [-0.1, -0.05) is 54.2 Å². The number of anilines is 1. The van der Waals surface area contributed by atoms with Gasteiger partial charge in [-0.3, -0.25) is 14.5 Å². The fraction of sp³-hybridized carbons (Fsp3) is 0.290. The molecule has 1 heterocycles. The van der Waals surface area contributed by atoms with E-state index in [-0.39, 0.29) is 53.3 Å². The molecule has 1 fully saturated rings. The third-order valence-electron chi connectivity index (χ3n) is 6.38.